The summed E-state index contributed by atoms with van der Waals surface area (Å²) in [5, 5.41) is 0. The van der Waals surface area contributed by atoms with Crippen LogP contribution in [0.15, 0.2) is 12.1 Å². The van der Waals surface area contributed by atoms with Crippen LogP contribution in [0, 0.1) is 13.8 Å². The fraction of sp³-hybridized carbons (Fsp3) is 0.600. The molecule has 0 amide bonds. The van der Waals surface area contributed by atoms with Crippen LogP contribution in [-0.2, 0) is 6.54 Å². The second-order valence-corrected chi connectivity index (χ2v) is 5.62. The van der Waals surface area contributed by atoms with Crippen molar-refractivity contribution in [3.8, 4) is 5.75 Å². The van der Waals surface area contributed by atoms with Gasteiger partial charge in [0.25, 0.3) is 0 Å². The van der Waals surface area contributed by atoms with Gasteiger partial charge in [-0.2, -0.15) is 0 Å². The number of hydrogen-bond donors (Lipinski definition) is 1. The van der Waals surface area contributed by atoms with Crippen LogP contribution in [0.1, 0.15) is 30.5 Å². The van der Waals surface area contributed by atoms with Gasteiger partial charge in [-0.1, -0.05) is 6.07 Å². The molecule has 18 heavy (non-hydrogen) atoms. The summed E-state index contributed by atoms with van der Waals surface area (Å²) in [7, 11) is 3.83. The SMILES string of the molecule is COc1cc(C)c(CN(C)C(C)(C)CN)cc1C. The van der Waals surface area contributed by atoms with E-state index in [1.54, 1.807) is 7.11 Å². The fourth-order valence-corrected chi connectivity index (χ4v) is 1.87. The Morgan fingerprint density at radius 2 is 1.83 bits per heavy atom. The molecule has 1 aromatic rings. The minimum atomic E-state index is 0.0142. The topological polar surface area (TPSA) is 38.5 Å². The Hall–Kier alpha value is -1.06. The Bertz CT molecular complexity index is 413. The second kappa shape index (κ2) is 5.72. The first-order valence-corrected chi connectivity index (χ1v) is 6.37. The summed E-state index contributed by atoms with van der Waals surface area (Å²) in [4.78, 5) is 2.29. The van der Waals surface area contributed by atoms with Gasteiger partial charge in [0.1, 0.15) is 5.75 Å². The van der Waals surface area contributed by atoms with E-state index in [4.69, 9.17) is 10.5 Å². The Balaban J connectivity index is 2.95. The van der Waals surface area contributed by atoms with Crippen LogP contribution in [0.5, 0.6) is 5.75 Å². The van der Waals surface area contributed by atoms with Crippen molar-refractivity contribution in [2.24, 2.45) is 5.73 Å². The third kappa shape index (κ3) is 3.24. The van der Waals surface area contributed by atoms with Gasteiger partial charge in [-0.15, -0.1) is 0 Å². The average molecular weight is 250 g/mol. The molecule has 0 unspecified atom stereocenters. The van der Waals surface area contributed by atoms with Crippen molar-refractivity contribution in [2.75, 3.05) is 20.7 Å². The van der Waals surface area contributed by atoms with Crippen LogP contribution in [0.4, 0.5) is 0 Å². The van der Waals surface area contributed by atoms with Crippen LogP contribution in [0.2, 0.25) is 0 Å². The lowest BCUT2D eigenvalue weighted by atomic mass is 10.00. The Morgan fingerprint density at radius 3 is 2.33 bits per heavy atom. The van der Waals surface area contributed by atoms with E-state index in [0.717, 1.165) is 12.3 Å². The van der Waals surface area contributed by atoms with Crippen molar-refractivity contribution in [1.29, 1.82) is 0 Å². The first kappa shape index (κ1) is 15.0. The number of rotatable bonds is 5. The molecule has 0 radical (unpaired) electrons. The second-order valence-electron chi connectivity index (χ2n) is 5.62. The summed E-state index contributed by atoms with van der Waals surface area (Å²) in [5.74, 6) is 0.956. The van der Waals surface area contributed by atoms with E-state index in [9.17, 15) is 0 Å². The molecule has 0 fully saturated rings. The summed E-state index contributed by atoms with van der Waals surface area (Å²) in [6.07, 6.45) is 0. The van der Waals surface area contributed by atoms with Crippen LogP contribution in [0.25, 0.3) is 0 Å². The van der Waals surface area contributed by atoms with Crippen LogP contribution in [-0.4, -0.2) is 31.1 Å². The maximum absolute atomic E-state index is 5.81. The molecule has 0 aromatic heterocycles. The normalized spacial score (nSPS) is 12.0. The van der Waals surface area contributed by atoms with Gasteiger partial charge < -0.3 is 10.5 Å². The fourth-order valence-electron chi connectivity index (χ4n) is 1.87. The molecule has 0 saturated heterocycles. The Labute approximate surface area is 111 Å². The van der Waals surface area contributed by atoms with E-state index >= 15 is 0 Å². The van der Waals surface area contributed by atoms with E-state index in [1.165, 1.54) is 16.7 Å². The zero-order valence-corrected chi connectivity index (χ0v) is 12.5. The highest BCUT2D eigenvalue weighted by Crippen LogP contribution is 2.24. The molecular formula is C15H26N2O. The van der Waals surface area contributed by atoms with Crippen molar-refractivity contribution >= 4 is 0 Å². The lowest BCUT2D eigenvalue weighted by Gasteiger charge is -2.35. The maximum atomic E-state index is 5.81. The van der Waals surface area contributed by atoms with Crippen LogP contribution in [0.3, 0.4) is 0 Å². The molecule has 0 atom stereocenters. The molecule has 0 aliphatic heterocycles. The molecule has 2 N–H and O–H groups in total. The monoisotopic (exact) mass is 250 g/mol. The van der Waals surface area contributed by atoms with E-state index < -0.39 is 0 Å². The number of nitrogens with zero attached hydrogens (tertiary/aromatic N) is 1. The quantitative estimate of drug-likeness (QED) is 0.872. The average Bonchev–Trinajstić information content (AvgIpc) is 2.33. The minimum Gasteiger partial charge on any atom is -0.496 e. The molecule has 0 bridgehead atoms. The third-order valence-electron chi connectivity index (χ3n) is 3.79. The number of hydrogen-bond acceptors (Lipinski definition) is 3. The Kier molecular flexibility index (Phi) is 4.77. The summed E-state index contributed by atoms with van der Waals surface area (Å²) < 4.78 is 5.34. The molecule has 102 valence electrons. The molecule has 0 heterocycles. The van der Waals surface area contributed by atoms with Crippen molar-refractivity contribution in [1.82, 2.24) is 4.90 Å². The summed E-state index contributed by atoms with van der Waals surface area (Å²) in [6, 6.07) is 4.31. The highest BCUT2D eigenvalue weighted by Gasteiger charge is 2.22. The lowest BCUT2D eigenvalue weighted by Crippen LogP contribution is -2.46. The summed E-state index contributed by atoms with van der Waals surface area (Å²) in [6.45, 7) is 10.1. The first-order valence-electron chi connectivity index (χ1n) is 6.37. The van der Waals surface area contributed by atoms with E-state index in [-0.39, 0.29) is 5.54 Å². The van der Waals surface area contributed by atoms with Gasteiger partial charge in [0.2, 0.25) is 0 Å². The highest BCUT2D eigenvalue weighted by atomic mass is 16.5. The highest BCUT2D eigenvalue weighted by molar-refractivity contribution is 5.41. The number of benzene rings is 1. The predicted octanol–water partition coefficient (Wildman–Crippen LogP) is 2.48. The molecule has 3 heteroatoms. The number of nitrogens with two attached hydrogens (primary N) is 1. The Morgan fingerprint density at radius 1 is 1.22 bits per heavy atom. The van der Waals surface area contributed by atoms with E-state index in [0.29, 0.717) is 6.54 Å². The first-order chi connectivity index (χ1) is 8.31. The predicted molar refractivity (Wildman–Crippen MR) is 77.1 cm³/mol. The van der Waals surface area contributed by atoms with Crippen molar-refractivity contribution in [3.63, 3.8) is 0 Å². The van der Waals surface area contributed by atoms with Gasteiger partial charge in [-0.25, -0.2) is 0 Å². The van der Waals surface area contributed by atoms with Crippen LogP contribution < -0.4 is 10.5 Å². The molecule has 0 saturated carbocycles. The molecule has 0 aliphatic carbocycles. The van der Waals surface area contributed by atoms with Crippen LogP contribution >= 0.6 is 0 Å². The largest absolute Gasteiger partial charge is 0.496 e. The van der Waals surface area contributed by atoms with Crippen molar-refractivity contribution < 1.29 is 4.74 Å². The number of methoxy groups -OCH3 is 1. The van der Waals surface area contributed by atoms with Gasteiger partial charge in [-0.05, 0) is 57.5 Å². The molecule has 0 spiro atoms. The number of aryl methyl sites for hydroxylation is 2. The van der Waals surface area contributed by atoms with E-state index in [1.807, 2.05) is 0 Å². The standard InChI is InChI=1S/C15H26N2O/c1-11-8-14(18-6)12(2)7-13(11)9-17(5)15(3,4)10-16/h7-8H,9-10,16H2,1-6H3. The van der Waals surface area contributed by atoms with Gasteiger partial charge in [0.15, 0.2) is 0 Å². The maximum Gasteiger partial charge on any atom is 0.122 e. The summed E-state index contributed by atoms with van der Waals surface area (Å²) >= 11 is 0. The smallest absolute Gasteiger partial charge is 0.122 e. The molecule has 1 rings (SSSR count). The third-order valence-corrected chi connectivity index (χ3v) is 3.79. The molecule has 3 nitrogen and oxygen atoms in total. The number of likely N-dealkylation sites (N-methyl/N-ethyl adjacent to an activating group) is 1. The molecular weight excluding hydrogens is 224 g/mol. The zero-order chi connectivity index (χ0) is 13.9. The van der Waals surface area contributed by atoms with Gasteiger partial charge >= 0.3 is 0 Å². The van der Waals surface area contributed by atoms with Crippen molar-refractivity contribution in [2.45, 2.75) is 39.8 Å². The minimum absolute atomic E-state index is 0.0142. The number of ether oxygens (including phenoxy) is 1. The van der Waals surface area contributed by atoms with Gasteiger partial charge in [-0.3, -0.25) is 4.90 Å². The molecule has 0 aliphatic rings. The summed E-state index contributed by atoms with van der Waals surface area (Å²) in [5.41, 5.74) is 9.60. The van der Waals surface area contributed by atoms with Gasteiger partial charge in [0, 0.05) is 18.6 Å². The van der Waals surface area contributed by atoms with Crippen molar-refractivity contribution in [3.05, 3.63) is 28.8 Å². The van der Waals surface area contributed by atoms with Gasteiger partial charge in [0.05, 0.1) is 7.11 Å². The lowest BCUT2D eigenvalue weighted by molar-refractivity contribution is 0.155. The zero-order valence-electron chi connectivity index (χ0n) is 12.5. The molecule has 1 aromatic carbocycles. The van der Waals surface area contributed by atoms with E-state index in [2.05, 4.69) is 51.8 Å².